The summed E-state index contributed by atoms with van der Waals surface area (Å²) in [5, 5.41) is 5.41. The Bertz CT molecular complexity index is 1210. The number of anilines is 1. The third-order valence-electron chi connectivity index (χ3n) is 4.48. The predicted molar refractivity (Wildman–Crippen MR) is 117 cm³/mol. The predicted octanol–water partition coefficient (Wildman–Crippen LogP) is 3.62. The van der Waals surface area contributed by atoms with Crippen LogP contribution in [0.15, 0.2) is 46.7 Å². The Morgan fingerprint density at radius 2 is 2.03 bits per heavy atom. The summed E-state index contributed by atoms with van der Waals surface area (Å²) in [6, 6.07) is 10.8. The van der Waals surface area contributed by atoms with Crippen LogP contribution in [0.5, 0.6) is 5.75 Å². The highest BCUT2D eigenvalue weighted by Gasteiger charge is 2.24. The molecule has 3 aromatic rings. The fourth-order valence-electron chi connectivity index (χ4n) is 2.93. The average Bonchev–Trinajstić information content (AvgIpc) is 3.16. The van der Waals surface area contributed by atoms with Crippen molar-refractivity contribution < 1.29 is 17.9 Å². The van der Waals surface area contributed by atoms with E-state index in [1.807, 2.05) is 36.6 Å². The van der Waals surface area contributed by atoms with Gasteiger partial charge in [0.15, 0.2) is 6.61 Å². The molecule has 1 aliphatic heterocycles. The second kappa shape index (κ2) is 8.35. The minimum absolute atomic E-state index is 0.00219. The Morgan fingerprint density at radius 1 is 1.27 bits per heavy atom. The van der Waals surface area contributed by atoms with Gasteiger partial charge in [0, 0.05) is 30.0 Å². The van der Waals surface area contributed by atoms with E-state index < -0.39 is 10.0 Å². The molecule has 0 saturated carbocycles. The number of hydrogen-bond acceptors (Lipinski definition) is 6. The molecule has 1 aromatic heterocycles. The topological polar surface area (TPSA) is 97.4 Å². The summed E-state index contributed by atoms with van der Waals surface area (Å²) in [6.45, 7) is 2.03. The summed E-state index contributed by atoms with van der Waals surface area (Å²) in [7, 11) is -3.86. The number of halogens is 1. The molecule has 1 amide bonds. The molecule has 30 heavy (non-hydrogen) atoms. The van der Waals surface area contributed by atoms with Crippen molar-refractivity contribution in [2.45, 2.75) is 18.2 Å². The Labute approximate surface area is 183 Å². The number of ether oxygens (including phenoxy) is 1. The zero-order valence-corrected chi connectivity index (χ0v) is 18.3. The Morgan fingerprint density at radius 3 is 2.80 bits per heavy atom. The van der Waals surface area contributed by atoms with E-state index in [-0.39, 0.29) is 34.7 Å². The monoisotopic (exact) mass is 463 g/mol. The lowest BCUT2D eigenvalue weighted by atomic mass is 10.2. The Hall–Kier alpha value is -2.46. The van der Waals surface area contributed by atoms with Gasteiger partial charge in [0.1, 0.15) is 15.7 Å². The number of nitrogens with zero attached hydrogens (tertiary/aromatic N) is 1. The molecule has 4 rings (SSSR count). The van der Waals surface area contributed by atoms with Gasteiger partial charge >= 0.3 is 0 Å². The maximum absolute atomic E-state index is 12.7. The number of fused-ring (bicyclic) bond motifs is 1. The standard InChI is InChI=1S/C20H18ClN3O4S2/c1-12-2-4-13(5-3-12)20-23-14(11-29-20)6-7-22-30(26,27)18-9-17-16(8-15(18)21)24-19(25)10-28-17/h2-5,8-9,11,22H,6-7,10H2,1H3,(H,24,25). The molecular weight excluding hydrogens is 446 g/mol. The van der Waals surface area contributed by atoms with E-state index in [1.54, 1.807) is 0 Å². The number of rotatable bonds is 6. The number of carbonyl (C=O) groups excluding carboxylic acids is 1. The van der Waals surface area contributed by atoms with Gasteiger partial charge in [0.2, 0.25) is 10.0 Å². The van der Waals surface area contributed by atoms with Crippen molar-refractivity contribution in [3.63, 3.8) is 0 Å². The van der Waals surface area contributed by atoms with Crippen LogP contribution in [0.2, 0.25) is 5.02 Å². The van der Waals surface area contributed by atoms with Crippen LogP contribution in [0, 0.1) is 6.92 Å². The molecule has 0 spiro atoms. The van der Waals surface area contributed by atoms with Gasteiger partial charge in [-0.3, -0.25) is 4.79 Å². The van der Waals surface area contributed by atoms with E-state index in [1.165, 1.54) is 29.0 Å². The number of thiazole rings is 1. The van der Waals surface area contributed by atoms with E-state index in [0.717, 1.165) is 16.3 Å². The van der Waals surface area contributed by atoms with Gasteiger partial charge in [-0.15, -0.1) is 11.3 Å². The van der Waals surface area contributed by atoms with Crippen LogP contribution >= 0.6 is 22.9 Å². The number of nitrogens with one attached hydrogen (secondary N) is 2. The zero-order chi connectivity index (χ0) is 21.3. The molecule has 7 nitrogen and oxygen atoms in total. The Balaban J connectivity index is 1.43. The summed E-state index contributed by atoms with van der Waals surface area (Å²) in [5.41, 5.74) is 3.37. The number of carbonyl (C=O) groups is 1. The van der Waals surface area contributed by atoms with Gasteiger partial charge in [0.25, 0.3) is 5.91 Å². The first-order valence-electron chi connectivity index (χ1n) is 9.09. The highest BCUT2D eigenvalue weighted by Crippen LogP contribution is 2.35. The van der Waals surface area contributed by atoms with Crippen molar-refractivity contribution in [2.75, 3.05) is 18.5 Å². The van der Waals surface area contributed by atoms with Crippen LogP contribution in [-0.2, 0) is 21.2 Å². The van der Waals surface area contributed by atoms with Crippen molar-refractivity contribution in [2.24, 2.45) is 0 Å². The molecule has 0 unspecified atom stereocenters. The molecule has 0 radical (unpaired) electrons. The number of amides is 1. The van der Waals surface area contributed by atoms with Crippen molar-refractivity contribution in [3.8, 4) is 16.3 Å². The van der Waals surface area contributed by atoms with Crippen molar-refractivity contribution in [1.29, 1.82) is 0 Å². The number of benzene rings is 2. The first kappa shape index (κ1) is 20.8. The largest absolute Gasteiger partial charge is 0.482 e. The van der Waals surface area contributed by atoms with E-state index in [2.05, 4.69) is 15.0 Å². The van der Waals surface area contributed by atoms with Gasteiger partial charge in [0.05, 0.1) is 16.4 Å². The highest BCUT2D eigenvalue weighted by atomic mass is 35.5. The maximum Gasteiger partial charge on any atom is 0.262 e. The van der Waals surface area contributed by atoms with Crippen molar-refractivity contribution in [3.05, 3.63) is 58.1 Å². The molecule has 0 aliphatic carbocycles. The van der Waals surface area contributed by atoms with Crippen LogP contribution in [0.25, 0.3) is 10.6 Å². The van der Waals surface area contributed by atoms with Gasteiger partial charge in [-0.1, -0.05) is 41.4 Å². The molecule has 156 valence electrons. The fraction of sp³-hybridized carbons (Fsp3) is 0.200. The number of hydrogen-bond donors (Lipinski definition) is 2. The maximum atomic E-state index is 12.7. The normalized spacial score (nSPS) is 13.5. The first-order valence-corrected chi connectivity index (χ1v) is 11.8. The molecule has 0 bridgehead atoms. The molecule has 2 N–H and O–H groups in total. The lowest BCUT2D eigenvalue weighted by molar-refractivity contribution is -0.118. The minimum atomic E-state index is -3.86. The van der Waals surface area contributed by atoms with Crippen LogP contribution in [-0.4, -0.2) is 32.5 Å². The molecule has 2 heterocycles. The quantitative estimate of drug-likeness (QED) is 0.581. The Kier molecular flexibility index (Phi) is 5.79. The average molecular weight is 464 g/mol. The van der Waals surface area contributed by atoms with Gasteiger partial charge in [-0.25, -0.2) is 18.1 Å². The molecular formula is C20H18ClN3O4S2. The second-order valence-corrected chi connectivity index (χ2v) is 9.77. The first-order chi connectivity index (χ1) is 14.3. The van der Waals surface area contributed by atoms with Gasteiger partial charge in [-0.2, -0.15) is 0 Å². The molecule has 0 saturated heterocycles. The third kappa shape index (κ3) is 4.49. The zero-order valence-electron chi connectivity index (χ0n) is 15.9. The van der Waals surface area contributed by atoms with Crippen LogP contribution < -0.4 is 14.8 Å². The molecule has 1 aliphatic rings. The van der Waals surface area contributed by atoms with E-state index >= 15 is 0 Å². The van der Waals surface area contributed by atoms with Crippen molar-refractivity contribution in [1.82, 2.24) is 9.71 Å². The molecule has 10 heteroatoms. The highest BCUT2D eigenvalue weighted by molar-refractivity contribution is 7.89. The van der Waals surface area contributed by atoms with E-state index in [9.17, 15) is 13.2 Å². The summed E-state index contributed by atoms with van der Waals surface area (Å²) in [4.78, 5) is 15.9. The lowest BCUT2D eigenvalue weighted by Gasteiger charge is -2.19. The molecule has 0 atom stereocenters. The van der Waals surface area contributed by atoms with Crippen LogP contribution in [0.4, 0.5) is 5.69 Å². The minimum Gasteiger partial charge on any atom is -0.482 e. The summed E-state index contributed by atoms with van der Waals surface area (Å²) < 4.78 is 33.2. The smallest absolute Gasteiger partial charge is 0.262 e. The van der Waals surface area contributed by atoms with Crippen molar-refractivity contribution >= 4 is 44.6 Å². The summed E-state index contributed by atoms with van der Waals surface area (Å²) >= 11 is 7.66. The lowest BCUT2D eigenvalue weighted by Crippen LogP contribution is -2.28. The summed E-state index contributed by atoms with van der Waals surface area (Å²) in [6.07, 6.45) is 0.441. The van der Waals surface area contributed by atoms with Crippen LogP contribution in [0.1, 0.15) is 11.3 Å². The number of sulfonamides is 1. The SMILES string of the molecule is Cc1ccc(-c2nc(CCNS(=O)(=O)c3cc4c(cc3Cl)NC(=O)CO4)cs2)cc1. The number of aryl methyl sites for hydroxylation is 1. The van der Waals surface area contributed by atoms with Gasteiger partial charge < -0.3 is 10.1 Å². The molecule has 0 fully saturated rings. The molecule has 2 aromatic carbocycles. The summed E-state index contributed by atoms with van der Waals surface area (Å²) in [5.74, 6) is -0.0535. The van der Waals surface area contributed by atoms with Crippen LogP contribution in [0.3, 0.4) is 0 Å². The fourth-order valence-corrected chi connectivity index (χ4v) is 5.36. The van der Waals surface area contributed by atoms with Gasteiger partial charge in [-0.05, 0) is 13.0 Å². The van der Waals surface area contributed by atoms with E-state index in [0.29, 0.717) is 12.1 Å². The second-order valence-electron chi connectivity index (χ2n) is 6.77. The third-order valence-corrected chi connectivity index (χ3v) is 7.35. The number of aromatic nitrogens is 1. The van der Waals surface area contributed by atoms with E-state index in [4.69, 9.17) is 16.3 Å².